The van der Waals surface area contributed by atoms with Crippen LogP contribution in [0.3, 0.4) is 0 Å². The van der Waals surface area contributed by atoms with Crippen LogP contribution >= 0.6 is 11.6 Å². The van der Waals surface area contributed by atoms with Crippen LogP contribution in [0.1, 0.15) is 10.4 Å². The third kappa shape index (κ3) is 2.17. The second kappa shape index (κ2) is 5.03. The maximum atomic E-state index is 11.4. The summed E-state index contributed by atoms with van der Waals surface area (Å²) in [5, 5.41) is 11.9. The van der Waals surface area contributed by atoms with Crippen molar-refractivity contribution in [3.63, 3.8) is 0 Å². The predicted octanol–water partition coefficient (Wildman–Crippen LogP) is 4.21. The first-order chi connectivity index (χ1) is 10.1. The van der Waals surface area contributed by atoms with Gasteiger partial charge in [-0.15, -0.1) is 0 Å². The number of aromatic amines is 1. The van der Waals surface area contributed by atoms with E-state index >= 15 is 0 Å². The number of non-ortho nitro benzene ring substituents is 1. The van der Waals surface area contributed by atoms with E-state index in [9.17, 15) is 14.9 Å². The van der Waals surface area contributed by atoms with Crippen molar-refractivity contribution in [1.82, 2.24) is 4.98 Å². The lowest BCUT2D eigenvalue weighted by molar-refractivity contribution is -0.384. The Bertz CT molecular complexity index is 870. The highest BCUT2D eigenvalue weighted by molar-refractivity contribution is 6.33. The van der Waals surface area contributed by atoms with Gasteiger partial charge in [-0.3, -0.25) is 14.9 Å². The Morgan fingerprint density at radius 1 is 1.19 bits per heavy atom. The van der Waals surface area contributed by atoms with Gasteiger partial charge in [0, 0.05) is 39.2 Å². The number of carbonyl (C=O) groups is 1. The van der Waals surface area contributed by atoms with Gasteiger partial charge in [0.05, 0.1) is 10.6 Å². The molecule has 0 radical (unpaired) electrons. The largest absolute Gasteiger partial charge is 0.354 e. The number of carbonyl (C=O) groups excluding carboxylic acids is 1. The maximum Gasteiger partial charge on any atom is 0.270 e. The minimum atomic E-state index is -0.490. The number of nitro groups is 1. The van der Waals surface area contributed by atoms with Crippen molar-refractivity contribution in [3.8, 4) is 11.3 Å². The number of hydrogen-bond acceptors (Lipinski definition) is 3. The van der Waals surface area contributed by atoms with E-state index in [1.165, 1.54) is 12.1 Å². The third-order valence-corrected chi connectivity index (χ3v) is 3.62. The van der Waals surface area contributed by atoms with Gasteiger partial charge in [-0.25, -0.2) is 0 Å². The summed E-state index contributed by atoms with van der Waals surface area (Å²) >= 11 is 6.15. The van der Waals surface area contributed by atoms with E-state index in [1.807, 2.05) is 6.07 Å². The number of rotatable bonds is 3. The first kappa shape index (κ1) is 13.3. The molecule has 0 bridgehead atoms. The quantitative estimate of drug-likeness (QED) is 0.447. The number of H-pyrrole nitrogens is 1. The molecule has 104 valence electrons. The normalized spacial score (nSPS) is 10.7. The smallest absolute Gasteiger partial charge is 0.270 e. The summed E-state index contributed by atoms with van der Waals surface area (Å²) in [6.07, 6.45) is 0.682. The zero-order valence-electron chi connectivity index (χ0n) is 10.7. The van der Waals surface area contributed by atoms with Gasteiger partial charge in [0.2, 0.25) is 0 Å². The van der Waals surface area contributed by atoms with Crippen LogP contribution in [0, 0.1) is 10.1 Å². The van der Waals surface area contributed by atoms with E-state index in [2.05, 4.69) is 4.98 Å². The summed E-state index contributed by atoms with van der Waals surface area (Å²) in [4.78, 5) is 24.9. The summed E-state index contributed by atoms with van der Waals surface area (Å²) < 4.78 is 0. The molecule has 21 heavy (non-hydrogen) atoms. The topological polar surface area (TPSA) is 76.0 Å². The lowest BCUT2D eigenvalue weighted by atomic mass is 10.1. The predicted molar refractivity (Wildman–Crippen MR) is 80.8 cm³/mol. The van der Waals surface area contributed by atoms with E-state index in [0.717, 1.165) is 0 Å². The van der Waals surface area contributed by atoms with Crippen LogP contribution in [0.4, 0.5) is 5.69 Å². The molecule has 0 amide bonds. The molecular weight excluding hydrogens is 292 g/mol. The van der Waals surface area contributed by atoms with Gasteiger partial charge >= 0.3 is 0 Å². The standard InChI is InChI=1S/C15H9ClN2O3/c16-13-4-2-1-3-10(13)15-12(8-19)11-7-9(18(20)21)5-6-14(11)17-15/h1-8,17H. The summed E-state index contributed by atoms with van der Waals surface area (Å²) in [6, 6.07) is 11.5. The lowest BCUT2D eigenvalue weighted by Gasteiger charge is -2.02. The Kier molecular flexibility index (Phi) is 3.19. The van der Waals surface area contributed by atoms with E-state index in [4.69, 9.17) is 11.6 Å². The van der Waals surface area contributed by atoms with Gasteiger partial charge < -0.3 is 4.98 Å². The first-order valence-electron chi connectivity index (χ1n) is 6.12. The molecular formula is C15H9ClN2O3. The van der Waals surface area contributed by atoms with Crippen molar-refractivity contribution in [2.45, 2.75) is 0 Å². The number of halogens is 1. The first-order valence-corrected chi connectivity index (χ1v) is 6.50. The summed E-state index contributed by atoms with van der Waals surface area (Å²) in [5.41, 5.74) is 2.20. The molecule has 2 aromatic carbocycles. The molecule has 0 atom stereocenters. The molecule has 0 aliphatic rings. The van der Waals surface area contributed by atoms with Gasteiger partial charge in [0.25, 0.3) is 5.69 Å². The summed E-state index contributed by atoms with van der Waals surface area (Å²) in [5.74, 6) is 0. The van der Waals surface area contributed by atoms with Crippen LogP contribution in [0.2, 0.25) is 5.02 Å². The molecule has 1 N–H and O–H groups in total. The van der Waals surface area contributed by atoms with Gasteiger partial charge in [0.1, 0.15) is 0 Å². The molecule has 0 aliphatic carbocycles. The molecule has 0 aliphatic heterocycles. The molecule has 1 heterocycles. The molecule has 1 aromatic heterocycles. The summed E-state index contributed by atoms with van der Waals surface area (Å²) in [7, 11) is 0. The lowest BCUT2D eigenvalue weighted by Crippen LogP contribution is -1.88. The van der Waals surface area contributed by atoms with E-state index < -0.39 is 4.92 Å². The van der Waals surface area contributed by atoms with Crippen LogP contribution < -0.4 is 0 Å². The highest BCUT2D eigenvalue weighted by Crippen LogP contribution is 2.34. The molecule has 0 fully saturated rings. The van der Waals surface area contributed by atoms with Crippen LogP contribution in [0.25, 0.3) is 22.2 Å². The fraction of sp³-hybridized carbons (Fsp3) is 0. The average molecular weight is 301 g/mol. The van der Waals surface area contributed by atoms with Crippen molar-refractivity contribution < 1.29 is 9.72 Å². The monoisotopic (exact) mass is 300 g/mol. The van der Waals surface area contributed by atoms with E-state index in [-0.39, 0.29) is 5.69 Å². The fourth-order valence-electron chi connectivity index (χ4n) is 2.31. The van der Waals surface area contributed by atoms with E-state index in [0.29, 0.717) is 39.0 Å². The molecule has 6 heteroatoms. The Labute approximate surface area is 124 Å². The van der Waals surface area contributed by atoms with Gasteiger partial charge in [-0.2, -0.15) is 0 Å². The van der Waals surface area contributed by atoms with Crippen molar-refractivity contribution in [1.29, 1.82) is 0 Å². The zero-order chi connectivity index (χ0) is 15.0. The number of aromatic nitrogens is 1. The highest BCUT2D eigenvalue weighted by atomic mass is 35.5. The van der Waals surface area contributed by atoms with Crippen LogP contribution in [-0.2, 0) is 0 Å². The summed E-state index contributed by atoms with van der Waals surface area (Å²) in [6.45, 7) is 0. The van der Waals surface area contributed by atoms with Crippen LogP contribution in [-0.4, -0.2) is 16.2 Å². The Morgan fingerprint density at radius 2 is 1.95 bits per heavy atom. The van der Waals surface area contributed by atoms with Gasteiger partial charge in [-0.05, 0) is 12.1 Å². The van der Waals surface area contributed by atoms with Crippen molar-refractivity contribution in [3.05, 3.63) is 63.2 Å². The van der Waals surface area contributed by atoms with Gasteiger partial charge in [-0.1, -0.05) is 29.8 Å². The highest BCUT2D eigenvalue weighted by Gasteiger charge is 2.17. The van der Waals surface area contributed by atoms with E-state index in [1.54, 1.807) is 24.3 Å². The fourth-order valence-corrected chi connectivity index (χ4v) is 2.54. The molecule has 0 unspecified atom stereocenters. The number of aldehydes is 1. The third-order valence-electron chi connectivity index (χ3n) is 3.29. The van der Waals surface area contributed by atoms with Crippen molar-refractivity contribution >= 4 is 34.5 Å². The van der Waals surface area contributed by atoms with Crippen molar-refractivity contribution in [2.75, 3.05) is 0 Å². The number of nitro benzene ring substituents is 1. The Hall–Kier alpha value is -2.66. The minimum absolute atomic E-state index is 0.0599. The molecule has 3 rings (SSSR count). The second-order valence-electron chi connectivity index (χ2n) is 4.50. The Balaban J connectivity index is 2.32. The number of benzene rings is 2. The molecule has 0 saturated heterocycles. The average Bonchev–Trinajstić information content (AvgIpc) is 2.84. The molecule has 3 aromatic rings. The van der Waals surface area contributed by atoms with Crippen LogP contribution in [0.15, 0.2) is 42.5 Å². The molecule has 0 spiro atoms. The number of hydrogen-bond donors (Lipinski definition) is 1. The SMILES string of the molecule is O=Cc1c(-c2ccccc2Cl)[nH]c2ccc([N+](=O)[O-])cc12. The molecule has 5 nitrogen and oxygen atoms in total. The van der Waals surface area contributed by atoms with Crippen molar-refractivity contribution in [2.24, 2.45) is 0 Å². The van der Waals surface area contributed by atoms with Gasteiger partial charge in [0.15, 0.2) is 6.29 Å². The Morgan fingerprint density at radius 3 is 2.62 bits per heavy atom. The minimum Gasteiger partial charge on any atom is -0.354 e. The molecule has 0 saturated carbocycles. The second-order valence-corrected chi connectivity index (χ2v) is 4.91. The van der Waals surface area contributed by atoms with Crippen LogP contribution in [0.5, 0.6) is 0 Å². The number of fused-ring (bicyclic) bond motifs is 1. The number of nitrogens with zero attached hydrogens (tertiary/aromatic N) is 1. The zero-order valence-corrected chi connectivity index (χ0v) is 11.4. The maximum absolute atomic E-state index is 11.4. The number of nitrogens with one attached hydrogen (secondary N) is 1.